The van der Waals surface area contributed by atoms with Crippen molar-refractivity contribution in [3.63, 3.8) is 0 Å². The van der Waals surface area contributed by atoms with Gasteiger partial charge < -0.3 is 9.47 Å². The molecule has 100 valence electrons. The number of hydrogen-bond donors (Lipinski definition) is 0. The van der Waals surface area contributed by atoms with Crippen LogP contribution in [0.15, 0.2) is 6.07 Å². The summed E-state index contributed by atoms with van der Waals surface area (Å²) in [6.07, 6.45) is 3.09. The van der Waals surface area contributed by atoms with Crippen molar-refractivity contribution in [1.82, 2.24) is 9.97 Å². The van der Waals surface area contributed by atoms with Crippen molar-refractivity contribution in [2.75, 3.05) is 13.7 Å². The Balaban J connectivity index is 1.92. The lowest BCUT2D eigenvalue weighted by Gasteiger charge is -2.22. The van der Waals surface area contributed by atoms with E-state index in [0.717, 1.165) is 25.1 Å². The highest BCUT2D eigenvalue weighted by Gasteiger charge is 2.27. The largest absolute Gasteiger partial charge is 0.477 e. The van der Waals surface area contributed by atoms with Crippen LogP contribution in [0, 0.1) is 0 Å². The highest BCUT2D eigenvalue weighted by molar-refractivity contribution is 6.29. The predicted octanol–water partition coefficient (Wildman–Crippen LogP) is 3.20. The number of aromatic nitrogens is 2. The van der Waals surface area contributed by atoms with Crippen LogP contribution >= 0.6 is 11.6 Å². The Bertz CT molecular complexity index is 419. The van der Waals surface area contributed by atoms with Gasteiger partial charge in [0.1, 0.15) is 11.0 Å². The Morgan fingerprint density at radius 2 is 2.11 bits per heavy atom. The molecule has 4 nitrogen and oxygen atoms in total. The van der Waals surface area contributed by atoms with E-state index in [1.54, 1.807) is 13.2 Å². The van der Waals surface area contributed by atoms with Crippen molar-refractivity contribution in [2.24, 2.45) is 0 Å². The second kappa shape index (κ2) is 5.41. The Kier molecular flexibility index (Phi) is 4.07. The van der Waals surface area contributed by atoms with Gasteiger partial charge in [0.25, 0.3) is 0 Å². The van der Waals surface area contributed by atoms with Crippen LogP contribution in [-0.2, 0) is 4.74 Å². The van der Waals surface area contributed by atoms with Gasteiger partial charge in [-0.2, -0.15) is 4.98 Å². The number of ether oxygens (including phenoxy) is 2. The van der Waals surface area contributed by atoms with E-state index < -0.39 is 0 Å². The summed E-state index contributed by atoms with van der Waals surface area (Å²) < 4.78 is 11.0. The molecule has 1 heterocycles. The van der Waals surface area contributed by atoms with E-state index in [4.69, 9.17) is 21.1 Å². The zero-order chi connectivity index (χ0) is 13.2. The summed E-state index contributed by atoms with van der Waals surface area (Å²) in [5.74, 6) is 1.84. The maximum atomic E-state index is 5.96. The Morgan fingerprint density at radius 3 is 2.72 bits per heavy atom. The zero-order valence-electron chi connectivity index (χ0n) is 11.1. The fourth-order valence-electron chi connectivity index (χ4n) is 1.52. The first kappa shape index (κ1) is 13.6. The van der Waals surface area contributed by atoms with Crippen LogP contribution in [0.1, 0.15) is 44.9 Å². The molecule has 0 unspecified atom stereocenters. The molecule has 1 saturated carbocycles. The first-order valence-corrected chi connectivity index (χ1v) is 6.60. The quantitative estimate of drug-likeness (QED) is 0.745. The van der Waals surface area contributed by atoms with Crippen LogP contribution in [0.3, 0.4) is 0 Å². The van der Waals surface area contributed by atoms with Crippen molar-refractivity contribution >= 4 is 11.6 Å². The van der Waals surface area contributed by atoms with Crippen LogP contribution in [0.25, 0.3) is 0 Å². The van der Waals surface area contributed by atoms with E-state index in [1.807, 2.05) is 13.8 Å². The number of rotatable bonds is 6. The van der Waals surface area contributed by atoms with Crippen LogP contribution in [0.2, 0.25) is 5.15 Å². The number of halogens is 1. The highest BCUT2D eigenvalue weighted by Crippen LogP contribution is 2.39. The van der Waals surface area contributed by atoms with Gasteiger partial charge in [0.15, 0.2) is 0 Å². The summed E-state index contributed by atoms with van der Waals surface area (Å²) in [5.41, 5.74) is -0.184. The molecule has 0 aliphatic heterocycles. The van der Waals surface area contributed by atoms with Crippen LogP contribution in [0.5, 0.6) is 5.88 Å². The second-order valence-corrected chi connectivity index (χ2v) is 5.61. The van der Waals surface area contributed by atoms with Crippen molar-refractivity contribution in [2.45, 2.75) is 44.6 Å². The molecular formula is C13H19ClN2O2. The van der Waals surface area contributed by atoms with E-state index in [1.165, 1.54) is 0 Å². The zero-order valence-corrected chi connectivity index (χ0v) is 11.8. The van der Waals surface area contributed by atoms with Gasteiger partial charge in [0.2, 0.25) is 5.88 Å². The molecule has 1 fully saturated rings. The Hall–Kier alpha value is -0.870. The van der Waals surface area contributed by atoms with Crippen molar-refractivity contribution in [1.29, 1.82) is 0 Å². The van der Waals surface area contributed by atoms with Gasteiger partial charge in [-0.15, -0.1) is 0 Å². The summed E-state index contributed by atoms with van der Waals surface area (Å²) in [5, 5.41) is 0.452. The third-order valence-corrected chi connectivity index (χ3v) is 3.33. The summed E-state index contributed by atoms with van der Waals surface area (Å²) in [7, 11) is 1.70. The molecule has 0 radical (unpaired) electrons. The fourth-order valence-corrected chi connectivity index (χ4v) is 1.70. The van der Waals surface area contributed by atoms with Gasteiger partial charge in [-0.3, -0.25) is 0 Å². The van der Waals surface area contributed by atoms with Crippen molar-refractivity contribution < 1.29 is 9.47 Å². The van der Waals surface area contributed by atoms with E-state index in [0.29, 0.717) is 23.6 Å². The monoisotopic (exact) mass is 270 g/mol. The van der Waals surface area contributed by atoms with Gasteiger partial charge in [-0.05, 0) is 26.7 Å². The molecule has 1 aliphatic rings. The van der Waals surface area contributed by atoms with Gasteiger partial charge in [0, 0.05) is 25.5 Å². The first-order valence-electron chi connectivity index (χ1n) is 6.22. The van der Waals surface area contributed by atoms with Crippen LogP contribution in [-0.4, -0.2) is 29.3 Å². The van der Waals surface area contributed by atoms with Crippen LogP contribution < -0.4 is 4.74 Å². The molecule has 0 saturated heterocycles. The molecule has 0 spiro atoms. The first-order chi connectivity index (χ1) is 8.50. The van der Waals surface area contributed by atoms with E-state index in [-0.39, 0.29) is 5.60 Å². The minimum atomic E-state index is -0.184. The smallest absolute Gasteiger partial charge is 0.218 e. The fraction of sp³-hybridized carbons (Fsp3) is 0.692. The molecule has 1 aromatic heterocycles. The summed E-state index contributed by atoms with van der Waals surface area (Å²) >= 11 is 5.96. The van der Waals surface area contributed by atoms with Gasteiger partial charge >= 0.3 is 0 Å². The number of methoxy groups -OCH3 is 1. The highest BCUT2D eigenvalue weighted by atomic mass is 35.5. The van der Waals surface area contributed by atoms with Gasteiger partial charge in [0.05, 0.1) is 12.2 Å². The maximum absolute atomic E-state index is 5.96. The summed E-state index contributed by atoms with van der Waals surface area (Å²) in [4.78, 5) is 8.60. The molecular weight excluding hydrogens is 252 g/mol. The number of hydrogen-bond acceptors (Lipinski definition) is 4. The predicted molar refractivity (Wildman–Crippen MR) is 70.2 cm³/mol. The summed E-state index contributed by atoms with van der Waals surface area (Å²) in [6, 6.07) is 1.66. The van der Waals surface area contributed by atoms with E-state index >= 15 is 0 Å². The minimum Gasteiger partial charge on any atom is -0.477 e. The molecule has 0 bridgehead atoms. The van der Waals surface area contributed by atoms with E-state index in [2.05, 4.69) is 9.97 Å². The molecule has 0 atom stereocenters. The standard InChI is InChI=1S/C13H19ClN2O2/c1-13(2,17-3)6-7-18-11-8-10(14)15-12(16-11)9-4-5-9/h8-9H,4-7H2,1-3H3. The maximum Gasteiger partial charge on any atom is 0.218 e. The lowest BCUT2D eigenvalue weighted by molar-refractivity contribution is 0.00506. The van der Waals surface area contributed by atoms with Crippen LogP contribution in [0.4, 0.5) is 0 Å². The molecule has 1 aromatic rings. The molecule has 2 rings (SSSR count). The SMILES string of the molecule is COC(C)(C)CCOc1cc(Cl)nc(C2CC2)n1. The average molecular weight is 271 g/mol. The number of nitrogens with zero attached hydrogens (tertiary/aromatic N) is 2. The molecule has 18 heavy (non-hydrogen) atoms. The third kappa shape index (κ3) is 3.82. The lowest BCUT2D eigenvalue weighted by Crippen LogP contribution is -2.25. The Morgan fingerprint density at radius 1 is 1.39 bits per heavy atom. The molecule has 0 aromatic carbocycles. The minimum absolute atomic E-state index is 0.184. The topological polar surface area (TPSA) is 44.2 Å². The average Bonchev–Trinajstić information content (AvgIpc) is 3.12. The van der Waals surface area contributed by atoms with Gasteiger partial charge in [-0.25, -0.2) is 4.98 Å². The van der Waals surface area contributed by atoms with Crippen molar-refractivity contribution in [3.8, 4) is 5.88 Å². The normalized spacial score (nSPS) is 15.8. The molecule has 0 amide bonds. The van der Waals surface area contributed by atoms with E-state index in [9.17, 15) is 0 Å². The summed E-state index contributed by atoms with van der Waals surface area (Å²) in [6.45, 7) is 4.61. The second-order valence-electron chi connectivity index (χ2n) is 5.22. The molecule has 5 heteroatoms. The Labute approximate surface area is 113 Å². The lowest BCUT2D eigenvalue weighted by atomic mass is 10.1. The van der Waals surface area contributed by atoms with Gasteiger partial charge in [-0.1, -0.05) is 11.6 Å². The van der Waals surface area contributed by atoms with Crippen molar-refractivity contribution in [3.05, 3.63) is 17.0 Å². The molecule has 1 aliphatic carbocycles. The third-order valence-electron chi connectivity index (χ3n) is 3.14. The molecule has 0 N–H and O–H groups in total.